The molecular formula is C15H31N3O. The van der Waals surface area contributed by atoms with Crippen LogP contribution in [-0.2, 0) is 4.79 Å². The van der Waals surface area contributed by atoms with E-state index in [4.69, 9.17) is 5.73 Å². The largest absolute Gasteiger partial charge is 0.354 e. The van der Waals surface area contributed by atoms with Gasteiger partial charge < -0.3 is 16.0 Å². The summed E-state index contributed by atoms with van der Waals surface area (Å²) in [6.45, 7) is 10.4. The first kappa shape index (κ1) is 16.4. The molecule has 0 spiro atoms. The van der Waals surface area contributed by atoms with Crippen LogP contribution in [0.5, 0.6) is 0 Å². The maximum Gasteiger partial charge on any atom is 0.240 e. The third kappa shape index (κ3) is 5.11. The molecule has 0 heterocycles. The maximum absolute atomic E-state index is 12.2. The second-order valence-corrected chi connectivity index (χ2v) is 5.99. The lowest BCUT2D eigenvalue weighted by Gasteiger charge is -2.35. The average molecular weight is 269 g/mol. The normalized spacial score (nSPS) is 27.5. The molecule has 112 valence electrons. The summed E-state index contributed by atoms with van der Waals surface area (Å²) in [5.74, 6) is 0.624. The van der Waals surface area contributed by atoms with Crippen molar-refractivity contribution in [3.05, 3.63) is 0 Å². The van der Waals surface area contributed by atoms with Crippen molar-refractivity contribution in [3.63, 3.8) is 0 Å². The molecule has 2 atom stereocenters. The molecule has 0 bridgehead atoms. The molecule has 3 N–H and O–H groups in total. The van der Waals surface area contributed by atoms with Gasteiger partial charge in [0.2, 0.25) is 5.91 Å². The second-order valence-electron chi connectivity index (χ2n) is 5.99. The summed E-state index contributed by atoms with van der Waals surface area (Å²) in [6.07, 6.45) is 4.94. The number of hydrogen-bond acceptors (Lipinski definition) is 3. The Morgan fingerprint density at radius 3 is 2.68 bits per heavy atom. The molecule has 1 amide bonds. The van der Waals surface area contributed by atoms with Crippen LogP contribution in [0.3, 0.4) is 0 Å². The van der Waals surface area contributed by atoms with Gasteiger partial charge in [-0.2, -0.15) is 0 Å². The first-order chi connectivity index (χ1) is 9.01. The predicted molar refractivity (Wildman–Crippen MR) is 80.0 cm³/mol. The summed E-state index contributed by atoms with van der Waals surface area (Å²) in [7, 11) is 0. The van der Waals surface area contributed by atoms with Gasteiger partial charge in [-0.1, -0.05) is 33.6 Å². The van der Waals surface area contributed by atoms with Gasteiger partial charge in [-0.05, 0) is 44.8 Å². The average Bonchev–Trinajstić information content (AvgIpc) is 2.38. The van der Waals surface area contributed by atoms with E-state index in [1.807, 2.05) is 0 Å². The first-order valence-electron chi connectivity index (χ1n) is 7.81. The van der Waals surface area contributed by atoms with Crippen molar-refractivity contribution in [2.45, 2.75) is 58.4 Å². The van der Waals surface area contributed by atoms with Crippen molar-refractivity contribution in [2.24, 2.45) is 11.7 Å². The van der Waals surface area contributed by atoms with E-state index < -0.39 is 5.54 Å². The smallest absolute Gasteiger partial charge is 0.240 e. The molecule has 0 aliphatic heterocycles. The molecule has 4 heteroatoms. The Kier molecular flexibility index (Phi) is 6.80. The second kappa shape index (κ2) is 7.85. The van der Waals surface area contributed by atoms with Crippen molar-refractivity contribution < 1.29 is 4.79 Å². The molecule has 1 aliphatic carbocycles. The highest BCUT2D eigenvalue weighted by Crippen LogP contribution is 2.30. The van der Waals surface area contributed by atoms with Crippen LogP contribution in [0.4, 0.5) is 0 Å². The minimum atomic E-state index is -0.618. The molecule has 0 aromatic rings. The molecular weight excluding hydrogens is 238 g/mol. The number of carbonyl (C=O) groups excluding carboxylic acids is 1. The minimum absolute atomic E-state index is 0.0543. The zero-order valence-corrected chi connectivity index (χ0v) is 12.9. The Labute approximate surface area is 118 Å². The van der Waals surface area contributed by atoms with Crippen LogP contribution in [0.1, 0.15) is 52.9 Å². The summed E-state index contributed by atoms with van der Waals surface area (Å²) in [5.41, 5.74) is 5.65. The molecule has 1 fully saturated rings. The number of nitrogens with zero attached hydrogens (tertiary/aromatic N) is 1. The lowest BCUT2D eigenvalue weighted by molar-refractivity contribution is -0.128. The zero-order valence-electron chi connectivity index (χ0n) is 12.9. The summed E-state index contributed by atoms with van der Waals surface area (Å²) < 4.78 is 0. The highest BCUT2D eigenvalue weighted by Gasteiger charge is 2.37. The van der Waals surface area contributed by atoms with Gasteiger partial charge in [0.05, 0.1) is 5.54 Å². The van der Waals surface area contributed by atoms with Crippen molar-refractivity contribution in [1.82, 2.24) is 10.2 Å². The zero-order chi connectivity index (χ0) is 14.3. The molecule has 0 saturated heterocycles. The Bertz CT molecular complexity index is 279. The van der Waals surface area contributed by atoms with E-state index in [9.17, 15) is 4.79 Å². The summed E-state index contributed by atoms with van der Waals surface area (Å²) in [6, 6.07) is 0. The van der Waals surface area contributed by atoms with Crippen LogP contribution in [0.15, 0.2) is 0 Å². The summed E-state index contributed by atoms with van der Waals surface area (Å²) >= 11 is 0. The third-order valence-electron chi connectivity index (χ3n) is 4.32. The maximum atomic E-state index is 12.2. The third-order valence-corrected chi connectivity index (χ3v) is 4.32. The van der Waals surface area contributed by atoms with Crippen molar-refractivity contribution in [3.8, 4) is 0 Å². The van der Waals surface area contributed by atoms with Crippen LogP contribution >= 0.6 is 0 Å². The summed E-state index contributed by atoms with van der Waals surface area (Å²) in [4.78, 5) is 14.6. The number of hydrogen-bond donors (Lipinski definition) is 2. The van der Waals surface area contributed by atoms with E-state index in [0.29, 0.717) is 5.92 Å². The molecule has 1 saturated carbocycles. The Morgan fingerprint density at radius 1 is 1.42 bits per heavy atom. The molecule has 2 unspecified atom stereocenters. The van der Waals surface area contributed by atoms with Crippen LogP contribution in [0.25, 0.3) is 0 Å². The van der Waals surface area contributed by atoms with E-state index in [1.165, 1.54) is 6.42 Å². The van der Waals surface area contributed by atoms with Gasteiger partial charge >= 0.3 is 0 Å². The summed E-state index contributed by atoms with van der Waals surface area (Å²) in [5, 5.41) is 3.03. The Morgan fingerprint density at radius 2 is 2.11 bits per heavy atom. The van der Waals surface area contributed by atoms with Crippen molar-refractivity contribution in [2.75, 3.05) is 26.2 Å². The van der Waals surface area contributed by atoms with Crippen LogP contribution in [-0.4, -0.2) is 42.5 Å². The predicted octanol–water partition coefficient (Wildman–Crippen LogP) is 1.74. The standard InChI is InChI=1S/C15H31N3O/c1-4-18(5-2)11-7-10-17-14(19)15(16)9-6-8-13(3)12-15/h13H,4-12,16H2,1-3H3,(H,17,19). The van der Waals surface area contributed by atoms with E-state index in [0.717, 1.165) is 51.9 Å². The molecule has 0 aromatic heterocycles. The minimum Gasteiger partial charge on any atom is -0.354 e. The lowest BCUT2D eigenvalue weighted by Crippen LogP contribution is -2.56. The van der Waals surface area contributed by atoms with E-state index in [-0.39, 0.29) is 5.91 Å². The van der Waals surface area contributed by atoms with Gasteiger partial charge in [-0.3, -0.25) is 4.79 Å². The fraction of sp³-hybridized carbons (Fsp3) is 0.933. The molecule has 1 aliphatic rings. The SMILES string of the molecule is CCN(CC)CCCNC(=O)C1(N)CCCC(C)C1. The monoisotopic (exact) mass is 269 g/mol. The van der Waals surface area contributed by atoms with Crippen molar-refractivity contribution in [1.29, 1.82) is 0 Å². The molecule has 19 heavy (non-hydrogen) atoms. The highest BCUT2D eigenvalue weighted by molar-refractivity contribution is 5.86. The van der Waals surface area contributed by atoms with E-state index in [1.54, 1.807) is 0 Å². The van der Waals surface area contributed by atoms with Crippen molar-refractivity contribution >= 4 is 5.91 Å². The molecule has 4 nitrogen and oxygen atoms in total. The van der Waals surface area contributed by atoms with E-state index >= 15 is 0 Å². The van der Waals surface area contributed by atoms with Crippen LogP contribution in [0.2, 0.25) is 0 Å². The number of carbonyl (C=O) groups is 1. The van der Waals surface area contributed by atoms with Gasteiger partial charge in [-0.15, -0.1) is 0 Å². The quantitative estimate of drug-likeness (QED) is 0.692. The number of rotatable bonds is 7. The lowest BCUT2D eigenvalue weighted by atomic mass is 9.76. The van der Waals surface area contributed by atoms with E-state index in [2.05, 4.69) is 31.0 Å². The van der Waals surface area contributed by atoms with Gasteiger partial charge in [0.15, 0.2) is 0 Å². The first-order valence-corrected chi connectivity index (χ1v) is 7.81. The topological polar surface area (TPSA) is 58.4 Å². The number of amides is 1. The van der Waals surface area contributed by atoms with Gasteiger partial charge in [0, 0.05) is 6.54 Å². The molecule has 0 radical (unpaired) electrons. The Balaban J connectivity index is 2.27. The highest BCUT2D eigenvalue weighted by atomic mass is 16.2. The Hall–Kier alpha value is -0.610. The van der Waals surface area contributed by atoms with Gasteiger partial charge in [-0.25, -0.2) is 0 Å². The number of nitrogens with one attached hydrogen (secondary N) is 1. The fourth-order valence-corrected chi connectivity index (χ4v) is 3.02. The fourth-order valence-electron chi connectivity index (χ4n) is 3.02. The van der Waals surface area contributed by atoms with Crippen LogP contribution in [0, 0.1) is 5.92 Å². The number of nitrogens with two attached hydrogens (primary N) is 1. The molecule has 1 rings (SSSR count). The van der Waals surface area contributed by atoms with Gasteiger partial charge in [0.25, 0.3) is 0 Å². The molecule has 0 aromatic carbocycles. The van der Waals surface area contributed by atoms with Gasteiger partial charge in [0.1, 0.15) is 0 Å². The van der Waals surface area contributed by atoms with Crippen LogP contribution < -0.4 is 11.1 Å².